The molecule has 0 fully saturated rings. The van der Waals surface area contributed by atoms with Crippen LogP contribution in [-0.2, 0) is 13.6 Å². The maximum Gasteiger partial charge on any atom is 1.00 e. The summed E-state index contributed by atoms with van der Waals surface area (Å²) in [5.41, 5.74) is 0.207. The fourth-order valence-corrected chi connectivity index (χ4v) is 1.37. The fraction of sp³-hybridized carbons (Fsp3) is 0.444. The van der Waals surface area contributed by atoms with E-state index in [9.17, 15) is 12.9 Å². The summed E-state index contributed by atoms with van der Waals surface area (Å²) in [6.07, 6.45) is 3.41. The number of rotatable bonds is 5. The van der Waals surface area contributed by atoms with Gasteiger partial charge in [0.05, 0.1) is 6.20 Å². The van der Waals surface area contributed by atoms with Gasteiger partial charge in [-0.3, -0.25) is 4.68 Å². The molecule has 0 N–H and O–H groups in total. The topological polar surface area (TPSA) is 21.1 Å². The quantitative estimate of drug-likeness (QED) is 0.627. The van der Waals surface area contributed by atoms with Crippen molar-refractivity contribution in [2.45, 2.75) is 6.54 Å². The third kappa shape index (κ3) is 6.21. The molecule has 0 atom stereocenters. The van der Waals surface area contributed by atoms with Crippen LogP contribution >= 0.6 is 0 Å². The van der Waals surface area contributed by atoms with Gasteiger partial charge < -0.3 is 17.8 Å². The smallest absolute Gasteiger partial charge is 0.445 e. The maximum absolute atomic E-state index is 12.3. The molecule has 1 heterocycles. The van der Waals surface area contributed by atoms with Crippen molar-refractivity contribution < 1.29 is 64.3 Å². The molecule has 0 unspecified atom stereocenters. The molecule has 0 aliphatic carbocycles. The van der Waals surface area contributed by atoms with Crippen molar-refractivity contribution in [3.63, 3.8) is 0 Å². The predicted molar refractivity (Wildman–Crippen MR) is 57.8 cm³/mol. The Hall–Kier alpha value is 0.401. The van der Waals surface area contributed by atoms with E-state index in [1.807, 2.05) is 0 Å². The average molecular weight is 271 g/mol. The third-order valence-corrected chi connectivity index (χ3v) is 2.15. The minimum atomic E-state index is -4.94. The minimum absolute atomic E-state index is 0. The molecule has 0 saturated heterocycles. The molecule has 17 heavy (non-hydrogen) atoms. The number of likely N-dealkylation sites (N-methyl/N-ethyl adjacent to an activating group) is 1. The second-order valence-corrected chi connectivity index (χ2v) is 3.93. The first kappa shape index (κ1) is 17.4. The van der Waals surface area contributed by atoms with E-state index in [1.165, 1.54) is 0 Å². The third-order valence-electron chi connectivity index (χ3n) is 2.15. The summed E-state index contributed by atoms with van der Waals surface area (Å²) in [6.45, 7) is -1.62. The molecule has 0 bridgehead atoms. The standard InChI is InChI=1S/C9H14BF3N3.K/c1-8(10(11,12)13)5-15(2)6-9-4-14-16(3)7-9;/h4,7H,1,5-6H2,2-3H3;/q-1;+1. The van der Waals surface area contributed by atoms with Crippen LogP contribution in [0.25, 0.3) is 0 Å². The largest absolute Gasteiger partial charge is 1.00 e. The van der Waals surface area contributed by atoms with Gasteiger partial charge in [-0.25, -0.2) is 0 Å². The summed E-state index contributed by atoms with van der Waals surface area (Å²) < 4.78 is 38.4. The van der Waals surface area contributed by atoms with E-state index >= 15 is 0 Å². The Morgan fingerprint density at radius 2 is 2.12 bits per heavy atom. The molecule has 0 spiro atoms. The number of aryl methyl sites for hydroxylation is 1. The fourth-order valence-electron chi connectivity index (χ4n) is 1.37. The molecular weight excluding hydrogens is 257 g/mol. The van der Waals surface area contributed by atoms with Gasteiger partial charge in [0.25, 0.3) is 0 Å². The Kier molecular flexibility index (Phi) is 7.27. The van der Waals surface area contributed by atoms with Crippen molar-refractivity contribution in [3.05, 3.63) is 30.0 Å². The Bertz CT molecular complexity index is 378. The zero-order valence-electron chi connectivity index (χ0n) is 10.3. The molecule has 0 amide bonds. The SMILES string of the molecule is C=C(CN(C)Cc1cnn(C)c1)[B-](F)(F)F.[K+]. The minimum Gasteiger partial charge on any atom is -0.445 e. The molecule has 1 rings (SSSR count). The molecule has 1 aromatic rings. The van der Waals surface area contributed by atoms with Gasteiger partial charge in [0, 0.05) is 25.4 Å². The van der Waals surface area contributed by atoms with Gasteiger partial charge >= 0.3 is 58.4 Å². The molecule has 0 aliphatic heterocycles. The van der Waals surface area contributed by atoms with E-state index in [0.717, 1.165) is 5.56 Å². The molecule has 0 saturated carbocycles. The van der Waals surface area contributed by atoms with Gasteiger partial charge in [-0.2, -0.15) is 5.10 Å². The number of halogens is 3. The Labute approximate surface area is 142 Å². The molecule has 0 radical (unpaired) electrons. The Balaban J connectivity index is 0.00000256. The molecular formula is C9H14BF3KN3. The Morgan fingerprint density at radius 1 is 1.53 bits per heavy atom. The zero-order valence-corrected chi connectivity index (χ0v) is 13.5. The Morgan fingerprint density at radius 3 is 2.53 bits per heavy atom. The van der Waals surface area contributed by atoms with Crippen LogP contribution < -0.4 is 51.4 Å². The predicted octanol–water partition coefficient (Wildman–Crippen LogP) is -1.20. The number of hydrogen-bond acceptors (Lipinski definition) is 2. The van der Waals surface area contributed by atoms with Gasteiger partial charge in [-0.1, -0.05) is 0 Å². The number of nitrogens with zero attached hydrogens (tertiary/aromatic N) is 3. The van der Waals surface area contributed by atoms with Crippen LogP contribution in [0.15, 0.2) is 24.4 Å². The maximum atomic E-state index is 12.3. The van der Waals surface area contributed by atoms with Crippen molar-refractivity contribution in [3.8, 4) is 0 Å². The van der Waals surface area contributed by atoms with Crippen LogP contribution in [0.2, 0.25) is 0 Å². The summed E-state index contributed by atoms with van der Waals surface area (Å²) >= 11 is 0. The molecule has 0 aromatic carbocycles. The van der Waals surface area contributed by atoms with Crippen molar-refractivity contribution in [1.29, 1.82) is 0 Å². The summed E-state index contributed by atoms with van der Waals surface area (Å²) in [4.78, 5) is 1.56. The first-order valence-electron chi connectivity index (χ1n) is 4.82. The van der Waals surface area contributed by atoms with Crippen LogP contribution in [-0.4, -0.2) is 35.3 Å². The van der Waals surface area contributed by atoms with Crippen LogP contribution in [0.4, 0.5) is 12.9 Å². The van der Waals surface area contributed by atoms with Crippen LogP contribution in [0, 0.1) is 0 Å². The summed E-state index contributed by atoms with van der Waals surface area (Å²) in [5.74, 6) is 0. The van der Waals surface area contributed by atoms with Gasteiger partial charge in [0.1, 0.15) is 0 Å². The van der Waals surface area contributed by atoms with E-state index in [2.05, 4.69) is 11.7 Å². The first-order chi connectivity index (χ1) is 7.29. The van der Waals surface area contributed by atoms with Crippen LogP contribution in [0.3, 0.4) is 0 Å². The van der Waals surface area contributed by atoms with Gasteiger partial charge in [0.2, 0.25) is 0 Å². The molecule has 90 valence electrons. The molecule has 8 heteroatoms. The van der Waals surface area contributed by atoms with Crippen LogP contribution in [0.5, 0.6) is 0 Å². The van der Waals surface area contributed by atoms with Gasteiger partial charge in [-0.05, 0) is 13.6 Å². The van der Waals surface area contributed by atoms with E-state index in [-0.39, 0.29) is 57.9 Å². The molecule has 1 aromatic heterocycles. The van der Waals surface area contributed by atoms with E-state index in [4.69, 9.17) is 0 Å². The summed E-state index contributed by atoms with van der Waals surface area (Å²) in [7, 11) is 3.39. The van der Waals surface area contributed by atoms with Crippen molar-refractivity contribution >= 4 is 6.98 Å². The number of aromatic nitrogens is 2. The van der Waals surface area contributed by atoms with Crippen molar-refractivity contribution in [2.24, 2.45) is 7.05 Å². The molecule has 3 nitrogen and oxygen atoms in total. The van der Waals surface area contributed by atoms with Gasteiger partial charge in [-0.15, -0.1) is 12.1 Å². The monoisotopic (exact) mass is 271 g/mol. The molecule has 0 aliphatic rings. The van der Waals surface area contributed by atoms with E-state index in [1.54, 1.807) is 36.1 Å². The average Bonchev–Trinajstić information content (AvgIpc) is 2.49. The second kappa shape index (κ2) is 7.10. The first-order valence-corrected chi connectivity index (χ1v) is 4.82. The summed E-state index contributed by atoms with van der Waals surface area (Å²) in [6, 6.07) is 0. The van der Waals surface area contributed by atoms with E-state index in [0.29, 0.717) is 6.54 Å². The van der Waals surface area contributed by atoms with Crippen molar-refractivity contribution in [2.75, 3.05) is 13.6 Å². The normalized spacial score (nSPS) is 11.4. The zero-order chi connectivity index (χ0) is 12.3. The van der Waals surface area contributed by atoms with Gasteiger partial charge in [0.15, 0.2) is 0 Å². The number of hydrogen-bond donors (Lipinski definition) is 0. The van der Waals surface area contributed by atoms with Crippen molar-refractivity contribution in [1.82, 2.24) is 14.7 Å². The second-order valence-electron chi connectivity index (χ2n) is 3.93. The van der Waals surface area contributed by atoms with E-state index < -0.39 is 12.4 Å². The summed E-state index contributed by atoms with van der Waals surface area (Å²) in [5, 5.41) is 3.95. The van der Waals surface area contributed by atoms with Crippen LogP contribution in [0.1, 0.15) is 5.56 Å².